The van der Waals surface area contributed by atoms with Crippen LogP contribution in [0.4, 0.5) is 0 Å². The maximum absolute atomic E-state index is 5.72. The summed E-state index contributed by atoms with van der Waals surface area (Å²) >= 11 is 0. The van der Waals surface area contributed by atoms with Crippen LogP contribution in [0.25, 0.3) is 0 Å². The van der Waals surface area contributed by atoms with Gasteiger partial charge >= 0.3 is 0 Å². The Labute approximate surface area is 115 Å². The fraction of sp³-hybridized carbons (Fsp3) is 0.733. The molecule has 1 aliphatic rings. The summed E-state index contributed by atoms with van der Waals surface area (Å²) in [6, 6.07) is 2.82. The number of ether oxygens (including phenoxy) is 2. The highest BCUT2D eigenvalue weighted by Gasteiger charge is 2.21. The van der Waals surface area contributed by atoms with Gasteiger partial charge in [0.2, 0.25) is 0 Å². The standard InChI is InChI=1S/C15H25NO3/c1-4-17-9-11(2)18-10-15-7-13(12(3)19-15)8-16-14-5-6-14/h7,11,14,16H,4-6,8-10H2,1-3H3. The molecule has 0 spiro atoms. The van der Waals surface area contributed by atoms with Gasteiger partial charge in [-0.3, -0.25) is 0 Å². The molecular formula is C15H25NO3. The zero-order valence-electron chi connectivity index (χ0n) is 12.2. The number of furan rings is 1. The molecule has 4 nitrogen and oxygen atoms in total. The van der Waals surface area contributed by atoms with Crippen molar-refractivity contribution in [2.45, 2.75) is 58.9 Å². The van der Waals surface area contributed by atoms with E-state index in [2.05, 4.69) is 11.4 Å². The van der Waals surface area contributed by atoms with E-state index in [-0.39, 0.29) is 6.10 Å². The average molecular weight is 267 g/mol. The minimum atomic E-state index is 0.0957. The molecular weight excluding hydrogens is 242 g/mol. The first kappa shape index (κ1) is 14.6. The highest BCUT2D eigenvalue weighted by molar-refractivity contribution is 5.20. The molecule has 1 aromatic rings. The lowest BCUT2D eigenvalue weighted by Gasteiger charge is -2.11. The van der Waals surface area contributed by atoms with Gasteiger partial charge in [-0.25, -0.2) is 0 Å². The van der Waals surface area contributed by atoms with E-state index in [1.54, 1.807) is 0 Å². The van der Waals surface area contributed by atoms with Crippen molar-refractivity contribution in [1.82, 2.24) is 5.32 Å². The molecule has 0 amide bonds. The van der Waals surface area contributed by atoms with Gasteiger partial charge < -0.3 is 19.2 Å². The van der Waals surface area contributed by atoms with E-state index in [1.807, 2.05) is 20.8 Å². The van der Waals surface area contributed by atoms with Crippen LogP contribution in [0.2, 0.25) is 0 Å². The Hall–Kier alpha value is -0.840. The van der Waals surface area contributed by atoms with Crippen molar-refractivity contribution < 1.29 is 13.9 Å². The molecule has 1 fully saturated rings. The Balaban J connectivity index is 1.74. The third-order valence-electron chi connectivity index (χ3n) is 3.30. The van der Waals surface area contributed by atoms with Crippen molar-refractivity contribution in [3.05, 3.63) is 23.2 Å². The molecule has 2 rings (SSSR count). The van der Waals surface area contributed by atoms with E-state index >= 15 is 0 Å². The highest BCUT2D eigenvalue weighted by Crippen LogP contribution is 2.21. The minimum absolute atomic E-state index is 0.0957. The van der Waals surface area contributed by atoms with E-state index in [4.69, 9.17) is 13.9 Å². The van der Waals surface area contributed by atoms with E-state index < -0.39 is 0 Å². The summed E-state index contributed by atoms with van der Waals surface area (Å²) in [6.07, 6.45) is 2.71. The molecule has 1 saturated carbocycles. The number of rotatable bonds is 9. The third-order valence-corrected chi connectivity index (χ3v) is 3.30. The van der Waals surface area contributed by atoms with Gasteiger partial charge in [0.25, 0.3) is 0 Å². The van der Waals surface area contributed by atoms with Gasteiger partial charge in [-0.1, -0.05) is 0 Å². The second-order valence-electron chi connectivity index (χ2n) is 5.23. The topological polar surface area (TPSA) is 43.6 Å². The lowest BCUT2D eigenvalue weighted by molar-refractivity contribution is -0.0172. The van der Waals surface area contributed by atoms with Gasteiger partial charge in [-0.2, -0.15) is 0 Å². The van der Waals surface area contributed by atoms with Gasteiger partial charge in [0.05, 0.1) is 12.7 Å². The molecule has 1 aromatic heterocycles. The summed E-state index contributed by atoms with van der Waals surface area (Å²) in [6.45, 7) is 8.78. The van der Waals surface area contributed by atoms with Crippen LogP contribution in [0.15, 0.2) is 10.5 Å². The fourth-order valence-corrected chi connectivity index (χ4v) is 1.93. The maximum Gasteiger partial charge on any atom is 0.130 e. The van der Waals surface area contributed by atoms with Gasteiger partial charge in [-0.05, 0) is 39.7 Å². The van der Waals surface area contributed by atoms with E-state index in [1.165, 1.54) is 18.4 Å². The number of aryl methyl sites for hydroxylation is 1. The van der Waals surface area contributed by atoms with Crippen molar-refractivity contribution in [2.75, 3.05) is 13.2 Å². The summed E-state index contributed by atoms with van der Waals surface area (Å²) < 4.78 is 16.7. The van der Waals surface area contributed by atoms with Crippen LogP contribution < -0.4 is 5.32 Å². The number of hydrogen-bond donors (Lipinski definition) is 1. The summed E-state index contributed by atoms with van der Waals surface area (Å²) in [5, 5.41) is 3.50. The lowest BCUT2D eigenvalue weighted by atomic mass is 10.2. The largest absolute Gasteiger partial charge is 0.464 e. The normalized spacial score (nSPS) is 16.8. The Morgan fingerprint density at radius 2 is 2.26 bits per heavy atom. The van der Waals surface area contributed by atoms with Gasteiger partial charge in [0.15, 0.2) is 0 Å². The van der Waals surface area contributed by atoms with Crippen molar-refractivity contribution >= 4 is 0 Å². The zero-order valence-corrected chi connectivity index (χ0v) is 12.2. The van der Waals surface area contributed by atoms with Crippen molar-refractivity contribution in [1.29, 1.82) is 0 Å². The minimum Gasteiger partial charge on any atom is -0.464 e. The van der Waals surface area contributed by atoms with E-state index in [0.717, 1.165) is 30.7 Å². The first-order valence-corrected chi connectivity index (χ1v) is 7.20. The smallest absolute Gasteiger partial charge is 0.130 e. The molecule has 0 saturated heterocycles. The molecule has 0 aliphatic heterocycles. The summed E-state index contributed by atoms with van der Waals surface area (Å²) in [5.41, 5.74) is 1.24. The molecule has 0 aromatic carbocycles. The predicted octanol–water partition coefficient (Wildman–Crippen LogP) is 2.78. The quantitative estimate of drug-likeness (QED) is 0.747. The Morgan fingerprint density at radius 3 is 2.95 bits per heavy atom. The summed E-state index contributed by atoms with van der Waals surface area (Å²) in [4.78, 5) is 0. The first-order valence-electron chi connectivity index (χ1n) is 7.20. The Morgan fingerprint density at radius 1 is 1.47 bits per heavy atom. The number of hydrogen-bond acceptors (Lipinski definition) is 4. The van der Waals surface area contributed by atoms with Gasteiger partial charge in [-0.15, -0.1) is 0 Å². The Kier molecular flexibility index (Phi) is 5.43. The molecule has 0 bridgehead atoms. The van der Waals surface area contributed by atoms with Crippen LogP contribution >= 0.6 is 0 Å². The van der Waals surface area contributed by atoms with Crippen LogP contribution in [-0.2, 0) is 22.6 Å². The van der Waals surface area contributed by atoms with Crippen molar-refractivity contribution in [3.63, 3.8) is 0 Å². The molecule has 1 N–H and O–H groups in total. The summed E-state index contributed by atoms with van der Waals surface area (Å²) in [7, 11) is 0. The third kappa shape index (κ3) is 4.97. The van der Waals surface area contributed by atoms with Crippen molar-refractivity contribution in [2.24, 2.45) is 0 Å². The lowest BCUT2D eigenvalue weighted by Crippen LogP contribution is -2.16. The SMILES string of the molecule is CCOCC(C)OCc1cc(CNC2CC2)c(C)o1. The molecule has 19 heavy (non-hydrogen) atoms. The second-order valence-corrected chi connectivity index (χ2v) is 5.23. The highest BCUT2D eigenvalue weighted by atomic mass is 16.5. The molecule has 108 valence electrons. The van der Waals surface area contributed by atoms with Crippen LogP contribution in [-0.4, -0.2) is 25.4 Å². The average Bonchev–Trinajstić information content (AvgIpc) is 3.15. The molecule has 1 aliphatic carbocycles. The van der Waals surface area contributed by atoms with Gasteiger partial charge in [0.1, 0.15) is 18.1 Å². The van der Waals surface area contributed by atoms with E-state index in [9.17, 15) is 0 Å². The monoisotopic (exact) mass is 267 g/mol. The van der Waals surface area contributed by atoms with E-state index in [0.29, 0.717) is 13.2 Å². The summed E-state index contributed by atoms with van der Waals surface area (Å²) in [5.74, 6) is 1.89. The van der Waals surface area contributed by atoms with Crippen LogP contribution in [0, 0.1) is 6.92 Å². The number of nitrogens with one attached hydrogen (secondary N) is 1. The molecule has 1 atom stereocenters. The van der Waals surface area contributed by atoms with Gasteiger partial charge in [0, 0.05) is 24.8 Å². The van der Waals surface area contributed by atoms with Crippen molar-refractivity contribution in [3.8, 4) is 0 Å². The zero-order chi connectivity index (χ0) is 13.7. The van der Waals surface area contributed by atoms with Crippen LogP contribution in [0.3, 0.4) is 0 Å². The van der Waals surface area contributed by atoms with Crippen LogP contribution in [0.5, 0.6) is 0 Å². The maximum atomic E-state index is 5.72. The molecule has 1 unspecified atom stereocenters. The molecule has 0 radical (unpaired) electrons. The second kappa shape index (κ2) is 7.08. The fourth-order valence-electron chi connectivity index (χ4n) is 1.93. The Bertz CT molecular complexity index is 385. The predicted molar refractivity (Wildman–Crippen MR) is 74.1 cm³/mol. The molecule has 1 heterocycles. The first-order chi connectivity index (χ1) is 9.19. The van der Waals surface area contributed by atoms with Crippen LogP contribution in [0.1, 0.15) is 43.8 Å². The molecule has 4 heteroatoms.